The summed E-state index contributed by atoms with van der Waals surface area (Å²) in [5, 5.41) is 10.5. The molecule has 4 nitrogen and oxygen atoms in total. The van der Waals surface area contributed by atoms with Crippen LogP contribution >= 0.6 is 0 Å². The molecule has 0 bridgehead atoms. The maximum Gasteiger partial charge on any atom is 0.119 e. The lowest BCUT2D eigenvalue weighted by Crippen LogP contribution is -2.31. The molecule has 1 saturated carbocycles. The summed E-state index contributed by atoms with van der Waals surface area (Å²) in [4.78, 5) is 2.59. The molecule has 2 fully saturated rings. The van der Waals surface area contributed by atoms with Crippen LogP contribution < -0.4 is 4.74 Å². The predicted molar refractivity (Wildman–Crippen MR) is 117 cm³/mol. The van der Waals surface area contributed by atoms with Crippen molar-refractivity contribution in [1.82, 2.24) is 9.47 Å². The molecule has 0 radical (unpaired) electrons. The van der Waals surface area contributed by atoms with Crippen LogP contribution in [0.5, 0.6) is 5.75 Å². The molecule has 1 aliphatic carbocycles. The van der Waals surface area contributed by atoms with Gasteiger partial charge in [0.2, 0.25) is 0 Å². The summed E-state index contributed by atoms with van der Waals surface area (Å²) in [5.41, 5.74) is 3.57. The Morgan fingerprint density at radius 2 is 1.79 bits per heavy atom. The molecule has 152 valence electrons. The minimum Gasteiger partial charge on any atom is -0.493 e. The Labute approximate surface area is 172 Å². The van der Waals surface area contributed by atoms with E-state index in [1.807, 2.05) is 0 Å². The predicted octanol–water partition coefficient (Wildman–Crippen LogP) is 4.27. The van der Waals surface area contributed by atoms with Gasteiger partial charge in [-0.25, -0.2) is 0 Å². The Morgan fingerprint density at radius 1 is 1.03 bits per heavy atom. The van der Waals surface area contributed by atoms with E-state index >= 15 is 0 Å². The molecule has 4 heteroatoms. The van der Waals surface area contributed by atoms with Crippen LogP contribution in [0.25, 0.3) is 22.0 Å². The first-order valence-electron chi connectivity index (χ1n) is 10.8. The smallest absolute Gasteiger partial charge is 0.119 e. The van der Waals surface area contributed by atoms with Crippen molar-refractivity contribution in [2.45, 2.75) is 26.4 Å². The van der Waals surface area contributed by atoms with Crippen molar-refractivity contribution in [2.75, 3.05) is 26.3 Å². The Hall–Kier alpha value is -2.30. The summed E-state index contributed by atoms with van der Waals surface area (Å²) in [6, 6.07) is 17.7. The molecule has 29 heavy (non-hydrogen) atoms. The molecule has 1 aromatic heterocycles. The first kappa shape index (κ1) is 18.7. The van der Waals surface area contributed by atoms with E-state index in [4.69, 9.17) is 4.74 Å². The monoisotopic (exact) mass is 390 g/mol. The number of aliphatic hydroxyl groups excluding tert-OH is 1. The first-order chi connectivity index (χ1) is 14.2. The molecule has 2 aromatic carbocycles. The number of hydrogen-bond donors (Lipinski definition) is 1. The molecule has 2 unspecified atom stereocenters. The van der Waals surface area contributed by atoms with Crippen molar-refractivity contribution in [1.29, 1.82) is 0 Å². The van der Waals surface area contributed by atoms with Gasteiger partial charge in [0.15, 0.2) is 0 Å². The van der Waals surface area contributed by atoms with Crippen LogP contribution in [0, 0.1) is 17.8 Å². The van der Waals surface area contributed by atoms with Crippen molar-refractivity contribution in [3.8, 4) is 16.9 Å². The molecule has 1 N–H and O–H groups in total. The second-order valence-electron chi connectivity index (χ2n) is 8.85. The highest BCUT2D eigenvalue weighted by atomic mass is 16.5. The third kappa shape index (κ3) is 3.45. The van der Waals surface area contributed by atoms with E-state index in [1.54, 1.807) is 0 Å². The molecule has 2 aliphatic rings. The largest absolute Gasteiger partial charge is 0.493 e. The van der Waals surface area contributed by atoms with Gasteiger partial charge >= 0.3 is 0 Å². The second-order valence-corrected chi connectivity index (χ2v) is 8.85. The number of aromatic nitrogens is 1. The summed E-state index contributed by atoms with van der Waals surface area (Å²) in [5.74, 6) is 3.39. The second kappa shape index (κ2) is 7.51. The summed E-state index contributed by atoms with van der Waals surface area (Å²) >= 11 is 0. The third-order valence-electron chi connectivity index (χ3n) is 6.89. The molecule has 0 spiro atoms. The summed E-state index contributed by atoms with van der Waals surface area (Å²) in [7, 11) is 0. The number of piperidine rings is 1. The molecule has 2 heterocycles. The van der Waals surface area contributed by atoms with E-state index < -0.39 is 0 Å². The van der Waals surface area contributed by atoms with E-state index in [0.717, 1.165) is 35.6 Å². The molecule has 1 saturated heterocycles. The minimum atomic E-state index is 0.151. The fourth-order valence-corrected chi connectivity index (χ4v) is 5.05. The molecule has 0 amide bonds. The Kier molecular flexibility index (Phi) is 4.84. The highest BCUT2D eigenvalue weighted by Gasteiger charge is 2.56. The maximum absolute atomic E-state index is 9.26. The minimum absolute atomic E-state index is 0.151. The van der Waals surface area contributed by atoms with Gasteiger partial charge in [0.05, 0.1) is 13.2 Å². The number of nitrogens with zero attached hydrogens (tertiary/aromatic N) is 2. The average Bonchev–Trinajstić information content (AvgIpc) is 3.07. The number of rotatable bonds is 7. The van der Waals surface area contributed by atoms with Gasteiger partial charge in [-0.2, -0.15) is 0 Å². The van der Waals surface area contributed by atoms with Crippen molar-refractivity contribution >= 4 is 10.9 Å². The van der Waals surface area contributed by atoms with Crippen molar-refractivity contribution < 1.29 is 9.84 Å². The van der Waals surface area contributed by atoms with Crippen LogP contribution in [0.3, 0.4) is 0 Å². The first-order valence-corrected chi connectivity index (χ1v) is 10.8. The topological polar surface area (TPSA) is 37.6 Å². The lowest BCUT2D eigenvalue weighted by atomic mass is 10.0. The number of hydrogen-bond acceptors (Lipinski definition) is 3. The Morgan fingerprint density at radius 3 is 2.48 bits per heavy atom. The van der Waals surface area contributed by atoms with Crippen LogP contribution in [0.2, 0.25) is 0 Å². The van der Waals surface area contributed by atoms with E-state index in [9.17, 15) is 5.11 Å². The van der Waals surface area contributed by atoms with Crippen LogP contribution in [-0.4, -0.2) is 46.9 Å². The van der Waals surface area contributed by atoms with E-state index in [1.165, 1.54) is 29.6 Å². The quantitative estimate of drug-likeness (QED) is 0.655. The lowest BCUT2D eigenvalue weighted by Gasteiger charge is -2.23. The highest BCUT2D eigenvalue weighted by Crippen LogP contribution is 2.52. The summed E-state index contributed by atoms with van der Waals surface area (Å²) in [6.45, 7) is 8.69. The van der Waals surface area contributed by atoms with Crippen molar-refractivity contribution in [2.24, 2.45) is 17.8 Å². The summed E-state index contributed by atoms with van der Waals surface area (Å²) in [6.07, 6.45) is 2.05. The van der Waals surface area contributed by atoms with Crippen molar-refractivity contribution in [3.63, 3.8) is 0 Å². The molecule has 5 rings (SSSR count). The third-order valence-corrected chi connectivity index (χ3v) is 6.89. The fourth-order valence-electron chi connectivity index (χ4n) is 5.05. The van der Waals surface area contributed by atoms with Gasteiger partial charge in [0.1, 0.15) is 5.75 Å². The van der Waals surface area contributed by atoms with Gasteiger partial charge in [-0.1, -0.05) is 24.3 Å². The lowest BCUT2D eigenvalue weighted by molar-refractivity contribution is 0.206. The van der Waals surface area contributed by atoms with Crippen LogP contribution in [0.15, 0.2) is 54.7 Å². The van der Waals surface area contributed by atoms with Gasteiger partial charge in [-0.15, -0.1) is 0 Å². The van der Waals surface area contributed by atoms with E-state index in [0.29, 0.717) is 12.6 Å². The standard InChI is InChI=1S/C25H30N2O2/c1-17(2)27-14-22-23(15-27)24(22)16-29-19-8-6-18(7-9-19)20-4-3-5-25-21(20)10-11-26(25)12-13-28/h3-11,17,22-24,28H,12-16H2,1-2H3. The zero-order valence-corrected chi connectivity index (χ0v) is 17.3. The number of aliphatic hydroxyl groups is 1. The van der Waals surface area contributed by atoms with Crippen LogP contribution in [0.1, 0.15) is 13.8 Å². The van der Waals surface area contributed by atoms with Crippen LogP contribution in [-0.2, 0) is 6.54 Å². The number of ether oxygens (including phenoxy) is 1. The maximum atomic E-state index is 9.26. The summed E-state index contributed by atoms with van der Waals surface area (Å²) < 4.78 is 8.23. The van der Waals surface area contributed by atoms with Gasteiger partial charge in [-0.3, -0.25) is 0 Å². The Bertz CT molecular complexity index is 980. The zero-order chi connectivity index (χ0) is 20.0. The van der Waals surface area contributed by atoms with Crippen molar-refractivity contribution in [3.05, 3.63) is 54.7 Å². The van der Waals surface area contributed by atoms with Gasteiger partial charge in [0, 0.05) is 48.7 Å². The van der Waals surface area contributed by atoms with E-state index in [2.05, 4.69) is 78.0 Å². The average molecular weight is 391 g/mol. The number of likely N-dealkylation sites (tertiary alicyclic amines) is 1. The normalized spacial score (nSPS) is 23.7. The Balaban J connectivity index is 1.24. The van der Waals surface area contributed by atoms with Gasteiger partial charge in [-0.05, 0) is 61.1 Å². The molecule has 2 atom stereocenters. The van der Waals surface area contributed by atoms with Gasteiger partial charge < -0.3 is 19.3 Å². The highest BCUT2D eigenvalue weighted by molar-refractivity contribution is 5.95. The zero-order valence-electron chi connectivity index (χ0n) is 17.3. The number of benzene rings is 2. The molecule has 3 aromatic rings. The van der Waals surface area contributed by atoms with Gasteiger partial charge in [0.25, 0.3) is 0 Å². The molecular formula is C25H30N2O2. The molecule has 1 aliphatic heterocycles. The van der Waals surface area contributed by atoms with E-state index in [-0.39, 0.29) is 6.61 Å². The van der Waals surface area contributed by atoms with Crippen LogP contribution in [0.4, 0.5) is 0 Å². The number of fused-ring (bicyclic) bond motifs is 2. The fraction of sp³-hybridized carbons (Fsp3) is 0.440. The SMILES string of the molecule is CC(C)N1CC2C(COc3ccc(-c4cccc5c4ccn5CCO)cc3)C2C1. The molecular weight excluding hydrogens is 360 g/mol.